The molecule has 1 aromatic carbocycles. The summed E-state index contributed by atoms with van der Waals surface area (Å²) in [6, 6.07) is 9.39. The number of nitrogens with zero attached hydrogens (tertiary/aromatic N) is 1. The Labute approximate surface area is 93.3 Å². The largest absolute Gasteiger partial charge is 0.459 e. The molecule has 0 unspecified atom stereocenters. The number of nitrogens with two attached hydrogens (primary N) is 2. The van der Waals surface area contributed by atoms with Gasteiger partial charge in [0.2, 0.25) is 5.96 Å². The third-order valence-corrected chi connectivity index (χ3v) is 1.67. The summed E-state index contributed by atoms with van der Waals surface area (Å²) in [5.74, 6) is -0.551. The topological polar surface area (TPSA) is 103 Å². The summed E-state index contributed by atoms with van der Waals surface area (Å²) in [5, 5.41) is 3.44. The molecule has 0 radical (unpaired) electrons. The minimum atomic E-state index is -0.422. The van der Waals surface area contributed by atoms with Crippen molar-refractivity contribution in [3.8, 4) is 0 Å². The normalized spacial score (nSPS) is 9.25. The van der Waals surface area contributed by atoms with E-state index in [9.17, 15) is 4.79 Å². The van der Waals surface area contributed by atoms with E-state index in [1.165, 1.54) is 0 Å². The van der Waals surface area contributed by atoms with Crippen molar-refractivity contribution >= 4 is 11.9 Å². The number of carbonyl (C=O) groups is 1. The number of nitrogens with one attached hydrogen (secondary N) is 1. The average molecular weight is 222 g/mol. The second-order valence-corrected chi connectivity index (χ2v) is 3.02. The maximum absolute atomic E-state index is 11.2. The lowest BCUT2D eigenvalue weighted by molar-refractivity contribution is -0.143. The molecule has 0 aliphatic rings. The van der Waals surface area contributed by atoms with Gasteiger partial charge in [0.15, 0.2) is 0 Å². The van der Waals surface area contributed by atoms with E-state index in [4.69, 9.17) is 16.2 Å². The van der Waals surface area contributed by atoms with Crippen LogP contribution in [0.4, 0.5) is 0 Å². The molecule has 0 saturated carbocycles. The minimum Gasteiger partial charge on any atom is -0.459 e. The van der Waals surface area contributed by atoms with Crippen molar-refractivity contribution in [2.24, 2.45) is 16.6 Å². The Morgan fingerprint density at radius 2 is 2.00 bits per heavy atom. The standard InChI is InChI=1S/C10H14N4O2/c11-10(12)14-13-6-9(15)16-7-8-4-2-1-3-5-8/h1-5,13H,6-7H2,(H4,11,12,14). The number of benzene rings is 1. The Balaban J connectivity index is 2.23. The number of ether oxygens (including phenoxy) is 1. The van der Waals surface area contributed by atoms with Gasteiger partial charge in [-0.3, -0.25) is 10.2 Å². The van der Waals surface area contributed by atoms with Gasteiger partial charge in [0.05, 0.1) is 0 Å². The first-order valence-corrected chi connectivity index (χ1v) is 4.69. The van der Waals surface area contributed by atoms with Gasteiger partial charge >= 0.3 is 5.97 Å². The molecule has 1 rings (SSSR count). The summed E-state index contributed by atoms with van der Waals surface area (Å²) >= 11 is 0. The summed E-state index contributed by atoms with van der Waals surface area (Å²) in [4.78, 5) is 11.2. The van der Waals surface area contributed by atoms with Crippen LogP contribution in [0.1, 0.15) is 5.56 Å². The second kappa shape index (κ2) is 6.28. The summed E-state index contributed by atoms with van der Waals surface area (Å²) in [6.07, 6.45) is 0. The first-order valence-electron chi connectivity index (χ1n) is 4.69. The molecule has 0 heterocycles. The van der Waals surface area contributed by atoms with Crippen molar-refractivity contribution in [1.29, 1.82) is 0 Å². The molecule has 0 aliphatic carbocycles. The molecule has 0 amide bonds. The number of hydrogen-bond donors (Lipinski definition) is 3. The van der Waals surface area contributed by atoms with Crippen LogP contribution in [0.25, 0.3) is 0 Å². The van der Waals surface area contributed by atoms with Gasteiger partial charge in [-0.15, -0.1) is 5.10 Å². The highest BCUT2D eigenvalue weighted by Gasteiger charge is 2.01. The fourth-order valence-electron chi connectivity index (χ4n) is 0.984. The van der Waals surface area contributed by atoms with Crippen LogP contribution in [0, 0.1) is 0 Å². The number of esters is 1. The lowest BCUT2D eigenvalue weighted by Crippen LogP contribution is -2.29. The molecule has 1 aromatic rings. The van der Waals surface area contributed by atoms with Gasteiger partial charge in [0, 0.05) is 0 Å². The van der Waals surface area contributed by atoms with Gasteiger partial charge in [0.25, 0.3) is 0 Å². The maximum Gasteiger partial charge on any atom is 0.327 e. The van der Waals surface area contributed by atoms with Crippen molar-refractivity contribution in [1.82, 2.24) is 5.43 Å². The van der Waals surface area contributed by atoms with Crippen LogP contribution in [0.15, 0.2) is 35.4 Å². The first-order chi connectivity index (χ1) is 7.68. The zero-order valence-corrected chi connectivity index (χ0v) is 8.72. The summed E-state index contributed by atoms with van der Waals surface area (Å²) < 4.78 is 4.96. The van der Waals surface area contributed by atoms with Gasteiger partial charge in [-0.1, -0.05) is 30.3 Å². The predicted octanol–water partition coefficient (Wildman–Crippen LogP) is -0.492. The van der Waals surface area contributed by atoms with Crippen molar-refractivity contribution in [3.05, 3.63) is 35.9 Å². The lowest BCUT2D eigenvalue weighted by Gasteiger charge is -2.04. The quantitative estimate of drug-likeness (QED) is 0.270. The molecule has 0 spiro atoms. The Morgan fingerprint density at radius 1 is 1.31 bits per heavy atom. The lowest BCUT2D eigenvalue weighted by atomic mass is 10.2. The second-order valence-electron chi connectivity index (χ2n) is 3.02. The van der Waals surface area contributed by atoms with E-state index in [2.05, 4.69) is 10.5 Å². The van der Waals surface area contributed by atoms with E-state index < -0.39 is 5.97 Å². The Morgan fingerprint density at radius 3 is 2.62 bits per heavy atom. The van der Waals surface area contributed by atoms with Crippen LogP contribution >= 0.6 is 0 Å². The molecule has 16 heavy (non-hydrogen) atoms. The van der Waals surface area contributed by atoms with Gasteiger partial charge in [-0.05, 0) is 5.56 Å². The van der Waals surface area contributed by atoms with Gasteiger partial charge in [-0.25, -0.2) is 0 Å². The smallest absolute Gasteiger partial charge is 0.327 e. The fourth-order valence-corrected chi connectivity index (χ4v) is 0.984. The van der Waals surface area contributed by atoms with Crippen molar-refractivity contribution in [2.45, 2.75) is 6.61 Å². The maximum atomic E-state index is 11.2. The van der Waals surface area contributed by atoms with Gasteiger partial charge in [-0.2, -0.15) is 0 Å². The molecule has 0 aromatic heterocycles. The van der Waals surface area contributed by atoms with Crippen molar-refractivity contribution in [2.75, 3.05) is 6.54 Å². The van der Waals surface area contributed by atoms with Gasteiger partial charge < -0.3 is 16.2 Å². The number of hydrogen-bond acceptors (Lipinski definition) is 4. The summed E-state index contributed by atoms with van der Waals surface area (Å²) in [7, 11) is 0. The van der Waals surface area contributed by atoms with Crippen molar-refractivity contribution in [3.63, 3.8) is 0 Å². The fraction of sp³-hybridized carbons (Fsp3) is 0.200. The molecular formula is C10H14N4O2. The molecule has 0 saturated heterocycles. The number of hydrazone groups is 1. The van der Waals surface area contributed by atoms with Crippen LogP contribution < -0.4 is 16.9 Å². The molecule has 0 bridgehead atoms. The van der Waals surface area contributed by atoms with E-state index in [0.29, 0.717) is 0 Å². The predicted molar refractivity (Wildman–Crippen MR) is 60.1 cm³/mol. The highest BCUT2D eigenvalue weighted by molar-refractivity contribution is 5.76. The molecule has 5 N–H and O–H groups in total. The third-order valence-electron chi connectivity index (χ3n) is 1.67. The highest BCUT2D eigenvalue weighted by Crippen LogP contribution is 2.00. The molecule has 6 heteroatoms. The molecule has 6 nitrogen and oxygen atoms in total. The van der Waals surface area contributed by atoms with Crippen LogP contribution in [-0.4, -0.2) is 18.5 Å². The number of rotatable bonds is 5. The van der Waals surface area contributed by atoms with Gasteiger partial charge in [0.1, 0.15) is 13.2 Å². The highest BCUT2D eigenvalue weighted by atomic mass is 16.5. The minimum absolute atomic E-state index is 0.0647. The monoisotopic (exact) mass is 222 g/mol. The van der Waals surface area contributed by atoms with Crippen molar-refractivity contribution < 1.29 is 9.53 Å². The summed E-state index contributed by atoms with van der Waals surface area (Å²) in [5.41, 5.74) is 13.4. The summed E-state index contributed by atoms with van der Waals surface area (Å²) in [6.45, 7) is 0.175. The Kier molecular flexibility index (Phi) is 4.65. The molecule has 0 fully saturated rings. The third kappa shape index (κ3) is 4.85. The van der Waals surface area contributed by atoms with E-state index in [1.54, 1.807) is 0 Å². The SMILES string of the molecule is NC(N)=NNCC(=O)OCc1ccccc1. The molecule has 0 atom stereocenters. The van der Waals surface area contributed by atoms with Crippen LogP contribution in [0.5, 0.6) is 0 Å². The van der Waals surface area contributed by atoms with E-state index in [0.717, 1.165) is 5.56 Å². The first kappa shape index (κ1) is 11.8. The van der Waals surface area contributed by atoms with E-state index in [-0.39, 0.29) is 19.1 Å². The molecule has 86 valence electrons. The number of guanidine groups is 1. The average Bonchev–Trinajstić information content (AvgIpc) is 2.27. The Bertz CT molecular complexity index is 360. The van der Waals surface area contributed by atoms with E-state index in [1.807, 2.05) is 30.3 Å². The van der Waals surface area contributed by atoms with Crippen LogP contribution in [0.3, 0.4) is 0 Å². The number of carbonyl (C=O) groups excluding carboxylic acids is 1. The van der Waals surface area contributed by atoms with Crippen LogP contribution in [-0.2, 0) is 16.1 Å². The van der Waals surface area contributed by atoms with E-state index >= 15 is 0 Å². The molecular weight excluding hydrogens is 208 g/mol. The zero-order valence-electron chi connectivity index (χ0n) is 8.72. The Hall–Kier alpha value is -2.24. The molecule has 0 aliphatic heterocycles. The zero-order chi connectivity index (χ0) is 11.8. The van der Waals surface area contributed by atoms with Crippen LogP contribution in [0.2, 0.25) is 0 Å².